The molecule has 5 nitrogen and oxygen atoms in total. The first-order chi connectivity index (χ1) is 13.3. The lowest BCUT2D eigenvalue weighted by Crippen LogP contribution is -2.55. The molecule has 1 unspecified atom stereocenters. The van der Waals surface area contributed by atoms with Crippen molar-refractivity contribution < 1.29 is 4.39 Å². The third-order valence-corrected chi connectivity index (χ3v) is 6.11. The summed E-state index contributed by atoms with van der Waals surface area (Å²) in [6.45, 7) is 7.29. The number of benzene rings is 1. The van der Waals surface area contributed by atoms with Crippen LogP contribution in [0.5, 0.6) is 0 Å². The Labute approximate surface area is 169 Å². The fourth-order valence-corrected chi connectivity index (χ4v) is 5.13. The van der Waals surface area contributed by atoms with Crippen LogP contribution >= 0.6 is 11.3 Å². The number of thiazole rings is 1. The molecule has 0 aliphatic carbocycles. The summed E-state index contributed by atoms with van der Waals surface area (Å²) in [6.07, 6.45) is 5.76. The van der Waals surface area contributed by atoms with E-state index in [9.17, 15) is 4.39 Å². The minimum Gasteiger partial charge on any atom is -0.304 e. The molecule has 1 aliphatic rings. The van der Waals surface area contributed by atoms with Crippen LogP contribution in [0.3, 0.4) is 0 Å². The Morgan fingerprint density at radius 2 is 1.96 bits per heavy atom. The molecule has 0 radical (unpaired) electrons. The van der Waals surface area contributed by atoms with Crippen molar-refractivity contribution in [2.75, 3.05) is 20.6 Å². The zero-order valence-corrected chi connectivity index (χ0v) is 17.6. The summed E-state index contributed by atoms with van der Waals surface area (Å²) in [5, 5.41) is 1.14. The molecule has 1 aromatic carbocycles. The molecule has 1 fully saturated rings. The second-order valence-electron chi connectivity index (χ2n) is 8.39. The van der Waals surface area contributed by atoms with Gasteiger partial charge in [0.25, 0.3) is 0 Å². The van der Waals surface area contributed by atoms with E-state index in [4.69, 9.17) is 0 Å². The molecule has 0 bridgehead atoms. The number of halogens is 1. The van der Waals surface area contributed by atoms with E-state index in [1.54, 1.807) is 23.5 Å². The smallest absolute Gasteiger partial charge is 0.131 e. The highest BCUT2D eigenvalue weighted by molar-refractivity contribution is 7.11. The Balaban J connectivity index is 1.57. The minimum atomic E-state index is -0.228. The van der Waals surface area contributed by atoms with Crippen molar-refractivity contribution in [3.05, 3.63) is 64.4 Å². The summed E-state index contributed by atoms with van der Waals surface area (Å²) in [6, 6.07) is 6.76. The maximum Gasteiger partial charge on any atom is 0.131 e. The first kappa shape index (κ1) is 19.2. The summed E-state index contributed by atoms with van der Waals surface area (Å²) in [7, 11) is 4.14. The average Bonchev–Trinajstić information content (AvgIpc) is 3.24. The van der Waals surface area contributed by atoms with Crippen LogP contribution in [0.1, 0.15) is 35.6 Å². The van der Waals surface area contributed by atoms with Gasteiger partial charge in [-0.25, -0.2) is 14.4 Å². The summed E-state index contributed by atoms with van der Waals surface area (Å²) < 4.78 is 15.4. The molecule has 4 rings (SSSR count). The summed E-state index contributed by atoms with van der Waals surface area (Å²) in [5.74, 6) is 0.765. The molecule has 148 valence electrons. The Hall–Kier alpha value is -2.09. The quantitative estimate of drug-likeness (QED) is 0.625. The van der Waals surface area contributed by atoms with E-state index in [0.29, 0.717) is 0 Å². The Kier molecular flexibility index (Phi) is 5.07. The lowest BCUT2D eigenvalue weighted by atomic mass is 9.74. The molecular weight excluding hydrogens is 373 g/mol. The number of rotatable bonds is 6. The molecule has 0 saturated carbocycles. The molecule has 28 heavy (non-hydrogen) atoms. The Morgan fingerprint density at radius 3 is 2.64 bits per heavy atom. The highest BCUT2D eigenvalue weighted by atomic mass is 32.1. The van der Waals surface area contributed by atoms with Crippen LogP contribution in [0, 0.1) is 11.2 Å². The third-order valence-electron chi connectivity index (χ3n) is 5.15. The molecule has 2 aromatic heterocycles. The van der Waals surface area contributed by atoms with Gasteiger partial charge < -0.3 is 9.47 Å². The van der Waals surface area contributed by atoms with Gasteiger partial charge in [-0.05, 0) is 38.4 Å². The van der Waals surface area contributed by atoms with Gasteiger partial charge in [-0.3, -0.25) is 4.90 Å². The second-order valence-corrected chi connectivity index (χ2v) is 9.59. The minimum absolute atomic E-state index is 0.118. The van der Waals surface area contributed by atoms with Crippen LogP contribution in [0.15, 0.2) is 42.9 Å². The van der Waals surface area contributed by atoms with Gasteiger partial charge in [-0.1, -0.05) is 13.8 Å². The van der Waals surface area contributed by atoms with Crippen molar-refractivity contribution in [2.45, 2.75) is 33.0 Å². The van der Waals surface area contributed by atoms with Crippen molar-refractivity contribution in [1.29, 1.82) is 0 Å². The van der Waals surface area contributed by atoms with Crippen molar-refractivity contribution >= 4 is 11.3 Å². The lowest BCUT2D eigenvalue weighted by molar-refractivity contribution is -0.0643. The van der Waals surface area contributed by atoms with Gasteiger partial charge in [0.2, 0.25) is 0 Å². The maximum absolute atomic E-state index is 13.3. The number of imidazole rings is 1. The number of hydrogen-bond donors (Lipinski definition) is 0. The molecule has 1 atom stereocenters. The molecule has 7 heteroatoms. The van der Waals surface area contributed by atoms with E-state index in [2.05, 4.69) is 52.3 Å². The van der Waals surface area contributed by atoms with Crippen LogP contribution in [-0.2, 0) is 13.1 Å². The number of aromatic nitrogens is 3. The van der Waals surface area contributed by atoms with Gasteiger partial charge in [-0.2, -0.15) is 0 Å². The highest BCUT2D eigenvalue weighted by Crippen LogP contribution is 2.48. The van der Waals surface area contributed by atoms with Crippen LogP contribution in [0.2, 0.25) is 0 Å². The van der Waals surface area contributed by atoms with E-state index in [1.165, 1.54) is 17.0 Å². The predicted molar refractivity (Wildman–Crippen MR) is 110 cm³/mol. The molecule has 0 amide bonds. The van der Waals surface area contributed by atoms with Crippen molar-refractivity contribution in [3.8, 4) is 5.69 Å². The number of nitrogens with zero attached hydrogens (tertiary/aromatic N) is 5. The molecule has 1 saturated heterocycles. The van der Waals surface area contributed by atoms with E-state index in [0.717, 1.165) is 36.2 Å². The molecule has 0 N–H and O–H groups in total. The van der Waals surface area contributed by atoms with Crippen LogP contribution in [-0.4, -0.2) is 45.0 Å². The van der Waals surface area contributed by atoms with Crippen LogP contribution in [0.4, 0.5) is 4.39 Å². The zero-order valence-electron chi connectivity index (χ0n) is 16.8. The highest BCUT2D eigenvalue weighted by Gasteiger charge is 2.48. The first-order valence-corrected chi connectivity index (χ1v) is 10.3. The zero-order chi connectivity index (χ0) is 19.9. The average molecular weight is 400 g/mol. The Bertz CT molecular complexity index is 944. The summed E-state index contributed by atoms with van der Waals surface area (Å²) in [4.78, 5) is 15.2. The molecule has 0 spiro atoms. The van der Waals surface area contributed by atoms with Gasteiger partial charge in [0.15, 0.2) is 0 Å². The topological polar surface area (TPSA) is 37.2 Å². The monoisotopic (exact) mass is 399 g/mol. The molecule has 3 aromatic rings. The van der Waals surface area contributed by atoms with E-state index < -0.39 is 0 Å². The number of hydrogen-bond acceptors (Lipinski definition) is 5. The standard InChI is InChI=1S/C21H26FN5S/c1-21(2)14-26(13-18-24-11-17(28-18)12-25(3)4)19(21)20-23-9-10-27(20)16-7-5-15(22)6-8-16/h5-11,19H,12-14H2,1-4H3. The normalized spacial score (nSPS) is 19.1. The van der Waals surface area contributed by atoms with Crippen molar-refractivity contribution in [1.82, 2.24) is 24.3 Å². The van der Waals surface area contributed by atoms with Crippen molar-refractivity contribution in [3.63, 3.8) is 0 Å². The lowest BCUT2D eigenvalue weighted by Gasteiger charge is -2.53. The molecule has 1 aliphatic heterocycles. The van der Waals surface area contributed by atoms with Gasteiger partial charge in [0.05, 0.1) is 12.6 Å². The van der Waals surface area contributed by atoms with Crippen LogP contribution < -0.4 is 0 Å². The summed E-state index contributed by atoms with van der Waals surface area (Å²) in [5.41, 5.74) is 1.05. The van der Waals surface area contributed by atoms with E-state index in [1.807, 2.05) is 18.6 Å². The fraction of sp³-hybridized carbons (Fsp3) is 0.429. The van der Waals surface area contributed by atoms with Crippen molar-refractivity contribution in [2.24, 2.45) is 5.41 Å². The van der Waals surface area contributed by atoms with Gasteiger partial charge in [-0.15, -0.1) is 11.3 Å². The maximum atomic E-state index is 13.3. The summed E-state index contributed by atoms with van der Waals surface area (Å²) >= 11 is 1.78. The fourth-order valence-electron chi connectivity index (χ4n) is 4.06. The van der Waals surface area contributed by atoms with Gasteiger partial charge >= 0.3 is 0 Å². The molecular formula is C21H26FN5S. The van der Waals surface area contributed by atoms with E-state index in [-0.39, 0.29) is 17.3 Å². The Morgan fingerprint density at radius 1 is 1.21 bits per heavy atom. The largest absolute Gasteiger partial charge is 0.304 e. The first-order valence-electron chi connectivity index (χ1n) is 9.45. The third kappa shape index (κ3) is 3.74. The van der Waals surface area contributed by atoms with Gasteiger partial charge in [0.1, 0.15) is 16.6 Å². The SMILES string of the molecule is CN(C)Cc1cnc(CN2CC(C)(C)C2c2nccn2-c2ccc(F)cc2)s1. The second kappa shape index (κ2) is 7.39. The van der Waals surface area contributed by atoms with E-state index >= 15 is 0 Å². The van der Waals surface area contributed by atoms with Gasteiger partial charge in [0, 0.05) is 47.7 Å². The van der Waals surface area contributed by atoms with Crippen LogP contribution in [0.25, 0.3) is 5.69 Å². The molecule has 3 heterocycles. The number of likely N-dealkylation sites (tertiary alicyclic amines) is 1. The predicted octanol–water partition coefficient (Wildman–Crippen LogP) is 4.11.